The van der Waals surface area contributed by atoms with Crippen molar-refractivity contribution in [3.63, 3.8) is 0 Å². The van der Waals surface area contributed by atoms with E-state index in [2.05, 4.69) is 10.1 Å². The van der Waals surface area contributed by atoms with E-state index in [1.165, 1.54) is 6.92 Å². The molecule has 0 bridgehead atoms. The predicted octanol–water partition coefficient (Wildman–Crippen LogP) is 2.79. The molecular weight excluding hydrogens is 508 g/mol. The van der Waals surface area contributed by atoms with Gasteiger partial charge in [-0.2, -0.15) is 31.4 Å². The van der Waals surface area contributed by atoms with E-state index >= 15 is 0 Å². The molecule has 194 valence electrons. The van der Waals surface area contributed by atoms with Crippen LogP contribution in [0.5, 0.6) is 5.75 Å². The van der Waals surface area contributed by atoms with Crippen LogP contribution in [0, 0.1) is 0 Å². The number of carbonyl (C=O) groups is 1. The van der Waals surface area contributed by atoms with Gasteiger partial charge < -0.3 is 19.3 Å². The molecule has 1 atom stereocenters. The van der Waals surface area contributed by atoms with Crippen LogP contribution >= 0.6 is 11.3 Å². The SMILES string of the molecule is C[C@@H](COCCC(=O)N1CCN(c2ncc(C(F)(F)F)s2)CC1)Oc1cn[nH]c(=O)c1C(F)(F)F. The van der Waals surface area contributed by atoms with Gasteiger partial charge in [0, 0.05) is 26.2 Å². The molecule has 1 aliphatic heterocycles. The molecule has 3 heterocycles. The monoisotopic (exact) mass is 529 g/mol. The van der Waals surface area contributed by atoms with Gasteiger partial charge in [-0.3, -0.25) is 9.59 Å². The fraction of sp³-hybridized carbons (Fsp3) is 0.579. The van der Waals surface area contributed by atoms with Crippen LogP contribution in [0.3, 0.4) is 0 Å². The zero-order valence-corrected chi connectivity index (χ0v) is 19.1. The molecule has 0 radical (unpaired) electrons. The molecule has 0 saturated carbocycles. The quantitative estimate of drug-likeness (QED) is 0.415. The highest BCUT2D eigenvalue weighted by molar-refractivity contribution is 7.15. The van der Waals surface area contributed by atoms with Crippen molar-refractivity contribution in [2.24, 2.45) is 0 Å². The van der Waals surface area contributed by atoms with E-state index in [9.17, 15) is 35.9 Å². The van der Waals surface area contributed by atoms with Gasteiger partial charge in [-0.15, -0.1) is 0 Å². The number of hydrogen-bond acceptors (Lipinski definition) is 8. The highest BCUT2D eigenvalue weighted by atomic mass is 32.1. The number of halogens is 6. The molecule has 0 aliphatic carbocycles. The normalized spacial score (nSPS) is 15.9. The number of nitrogens with zero attached hydrogens (tertiary/aromatic N) is 4. The molecule has 2 aromatic heterocycles. The molecule has 1 saturated heterocycles. The Hall–Kier alpha value is -2.88. The van der Waals surface area contributed by atoms with Gasteiger partial charge in [0.1, 0.15) is 11.0 Å². The Bertz CT molecular complexity index is 1060. The molecule has 0 spiro atoms. The lowest BCUT2D eigenvalue weighted by Crippen LogP contribution is -2.49. The molecule has 3 rings (SSSR count). The van der Waals surface area contributed by atoms with E-state index in [1.54, 1.807) is 14.9 Å². The van der Waals surface area contributed by atoms with Crippen LogP contribution in [0.15, 0.2) is 17.2 Å². The summed E-state index contributed by atoms with van der Waals surface area (Å²) in [5.41, 5.74) is -2.93. The summed E-state index contributed by atoms with van der Waals surface area (Å²) in [7, 11) is 0. The number of anilines is 1. The van der Waals surface area contributed by atoms with Gasteiger partial charge in [0.15, 0.2) is 16.4 Å². The fourth-order valence-electron chi connectivity index (χ4n) is 3.25. The molecule has 35 heavy (non-hydrogen) atoms. The second-order valence-electron chi connectivity index (χ2n) is 7.56. The summed E-state index contributed by atoms with van der Waals surface area (Å²) in [6, 6.07) is 0. The topological polar surface area (TPSA) is 101 Å². The van der Waals surface area contributed by atoms with Crippen LogP contribution in [-0.4, -0.2) is 71.5 Å². The number of aromatic amines is 1. The third-order valence-electron chi connectivity index (χ3n) is 4.92. The first-order valence-corrected chi connectivity index (χ1v) is 11.1. The highest BCUT2D eigenvalue weighted by Crippen LogP contribution is 2.36. The molecule has 1 aliphatic rings. The van der Waals surface area contributed by atoms with Crippen LogP contribution in [0.4, 0.5) is 31.5 Å². The van der Waals surface area contributed by atoms with E-state index in [0.717, 1.165) is 12.4 Å². The average Bonchev–Trinajstić information content (AvgIpc) is 3.27. The van der Waals surface area contributed by atoms with E-state index in [4.69, 9.17) is 9.47 Å². The maximum atomic E-state index is 13.0. The van der Waals surface area contributed by atoms with Gasteiger partial charge in [0.2, 0.25) is 5.91 Å². The number of H-pyrrole nitrogens is 1. The number of nitrogens with one attached hydrogen (secondary N) is 1. The van der Waals surface area contributed by atoms with Crippen molar-refractivity contribution in [1.29, 1.82) is 0 Å². The average molecular weight is 529 g/mol. The summed E-state index contributed by atoms with van der Waals surface area (Å²) in [6.07, 6.45) is -8.70. The summed E-state index contributed by atoms with van der Waals surface area (Å²) >= 11 is 0.548. The first kappa shape index (κ1) is 26.7. The Balaban J connectivity index is 1.40. The Kier molecular flexibility index (Phi) is 8.25. The zero-order chi connectivity index (χ0) is 25.8. The minimum absolute atomic E-state index is 0.00254. The Morgan fingerprint density at radius 3 is 2.43 bits per heavy atom. The van der Waals surface area contributed by atoms with Gasteiger partial charge in [0.05, 0.1) is 32.0 Å². The molecule has 0 aromatic carbocycles. The minimum Gasteiger partial charge on any atom is -0.486 e. The number of ether oxygens (including phenoxy) is 2. The number of amides is 1. The molecule has 1 fully saturated rings. The standard InChI is InChI=1S/C19H21F6N5O4S/c1-11(34-12-8-27-28-16(32)15(12)19(23,24)25)10-33-7-2-14(31)29-3-5-30(6-4-29)17-26-9-13(35-17)18(20,21)22/h8-9,11H,2-7,10H2,1H3,(H,28,32)/t11-/m0/s1. The number of carbonyl (C=O) groups excluding carboxylic acids is 1. The smallest absolute Gasteiger partial charge is 0.427 e. The van der Waals surface area contributed by atoms with Crippen LogP contribution in [0.25, 0.3) is 0 Å². The van der Waals surface area contributed by atoms with Crippen molar-refractivity contribution in [3.8, 4) is 5.75 Å². The van der Waals surface area contributed by atoms with Gasteiger partial charge in [-0.1, -0.05) is 11.3 Å². The maximum absolute atomic E-state index is 13.0. The first-order chi connectivity index (χ1) is 16.4. The van der Waals surface area contributed by atoms with Crippen LogP contribution in [0.1, 0.15) is 23.8 Å². The second kappa shape index (κ2) is 10.8. The van der Waals surface area contributed by atoms with Gasteiger partial charge >= 0.3 is 12.4 Å². The van der Waals surface area contributed by atoms with Gasteiger partial charge in [-0.05, 0) is 6.92 Å². The van der Waals surface area contributed by atoms with Crippen molar-refractivity contribution in [3.05, 3.63) is 33.2 Å². The lowest BCUT2D eigenvalue weighted by Gasteiger charge is -2.34. The molecule has 1 N–H and O–H groups in total. The molecule has 2 aromatic rings. The van der Waals surface area contributed by atoms with Crippen molar-refractivity contribution in [1.82, 2.24) is 20.1 Å². The maximum Gasteiger partial charge on any atom is 0.427 e. The van der Waals surface area contributed by atoms with E-state index in [-0.39, 0.29) is 30.7 Å². The van der Waals surface area contributed by atoms with Crippen molar-refractivity contribution in [2.75, 3.05) is 44.3 Å². The van der Waals surface area contributed by atoms with Crippen molar-refractivity contribution < 1.29 is 40.6 Å². The first-order valence-electron chi connectivity index (χ1n) is 10.3. The van der Waals surface area contributed by atoms with E-state index < -0.39 is 40.2 Å². The summed E-state index contributed by atoms with van der Waals surface area (Å²) in [5, 5.41) is 5.26. The third kappa shape index (κ3) is 7.06. The van der Waals surface area contributed by atoms with Crippen LogP contribution in [0.2, 0.25) is 0 Å². The number of alkyl halides is 6. The number of rotatable bonds is 8. The summed E-state index contributed by atoms with van der Waals surface area (Å²) < 4.78 is 87.8. The van der Waals surface area contributed by atoms with Gasteiger partial charge in [-0.25, -0.2) is 10.1 Å². The highest BCUT2D eigenvalue weighted by Gasteiger charge is 2.38. The lowest BCUT2D eigenvalue weighted by molar-refractivity contribution is -0.141. The largest absolute Gasteiger partial charge is 0.486 e. The lowest BCUT2D eigenvalue weighted by atomic mass is 10.2. The van der Waals surface area contributed by atoms with Crippen molar-refractivity contribution in [2.45, 2.75) is 31.8 Å². The minimum atomic E-state index is -4.93. The van der Waals surface area contributed by atoms with E-state index in [0.29, 0.717) is 37.5 Å². The zero-order valence-electron chi connectivity index (χ0n) is 18.3. The molecule has 1 amide bonds. The van der Waals surface area contributed by atoms with Crippen LogP contribution in [-0.2, 0) is 21.9 Å². The Labute approximate surface area is 198 Å². The molecule has 0 unspecified atom stereocenters. The number of thiazole rings is 1. The summed E-state index contributed by atoms with van der Waals surface area (Å²) in [5.74, 6) is -0.958. The van der Waals surface area contributed by atoms with Crippen molar-refractivity contribution >= 4 is 22.4 Å². The van der Waals surface area contributed by atoms with Gasteiger partial charge in [0.25, 0.3) is 5.56 Å². The van der Waals surface area contributed by atoms with E-state index in [1.807, 2.05) is 0 Å². The van der Waals surface area contributed by atoms with Crippen LogP contribution < -0.4 is 15.2 Å². The Morgan fingerprint density at radius 2 is 1.83 bits per heavy atom. The molecular formula is C19H21F6N5O4S. The molecule has 16 heteroatoms. The number of piperazine rings is 1. The number of hydrogen-bond donors (Lipinski definition) is 1. The summed E-state index contributed by atoms with van der Waals surface area (Å²) in [4.78, 5) is 30.1. The fourth-order valence-corrected chi connectivity index (χ4v) is 4.08. The second-order valence-corrected chi connectivity index (χ2v) is 8.57. The summed E-state index contributed by atoms with van der Waals surface area (Å²) in [6.45, 7) is 2.53. The third-order valence-corrected chi connectivity index (χ3v) is 6.02. The number of aromatic nitrogens is 3. The Morgan fingerprint density at radius 1 is 1.14 bits per heavy atom. The molecule has 9 nitrogen and oxygen atoms in total. The predicted molar refractivity (Wildman–Crippen MR) is 111 cm³/mol.